The number of hydrogen-bond acceptors (Lipinski definition) is 3. The lowest BCUT2D eigenvalue weighted by Gasteiger charge is -2.30. The zero-order chi connectivity index (χ0) is 9.19. The van der Waals surface area contributed by atoms with Crippen molar-refractivity contribution in [3.05, 3.63) is 0 Å². The normalized spacial score (nSPS) is 29.4. The van der Waals surface area contributed by atoms with Crippen molar-refractivity contribution >= 4 is 12.3 Å². The Morgan fingerprint density at radius 1 is 1.58 bits per heavy atom. The smallest absolute Gasteiger partial charge is 0.293 e. The number of carbonyl (C=O) groups excluding carboxylic acids is 2. The number of rotatable bonds is 3. The third-order valence-electron chi connectivity index (χ3n) is 2.66. The minimum absolute atomic E-state index is 0.200. The lowest BCUT2D eigenvalue weighted by atomic mass is 9.88. The first-order chi connectivity index (χ1) is 5.60. The van der Waals surface area contributed by atoms with E-state index in [1.54, 1.807) is 0 Å². The highest BCUT2D eigenvalue weighted by Crippen LogP contribution is 2.36. The zero-order valence-corrected chi connectivity index (χ0v) is 7.50. The summed E-state index contributed by atoms with van der Waals surface area (Å²) >= 11 is 0. The molecule has 0 aromatic heterocycles. The van der Waals surface area contributed by atoms with E-state index < -0.39 is 5.60 Å². The highest BCUT2D eigenvalue weighted by atomic mass is 16.5. The van der Waals surface area contributed by atoms with Gasteiger partial charge < -0.3 is 4.74 Å². The summed E-state index contributed by atoms with van der Waals surface area (Å²) in [6.07, 6.45) is 1.62. The van der Waals surface area contributed by atoms with Gasteiger partial charge >= 0.3 is 0 Å². The van der Waals surface area contributed by atoms with Gasteiger partial charge in [-0.05, 0) is 12.3 Å². The second kappa shape index (κ2) is 3.25. The zero-order valence-electron chi connectivity index (χ0n) is 7.50. The van der Waals surface area contributed by atoms with Crippen LogP contribution in [-0.2, 0) is 14.3 Å². The van der Waals surface area contributed by atoms with Crippen molar-refractivity contribution in [2.75, 3.05) is 0 Å². The van der Waals surface area contributed by atoms with Gasteiger partial charge in [0.15, 0.2) is 0 Å². The molecule has 0 N–H and O–H groups in total. The summed E-state index contributed by atoms with van der Waals surface area (Å²) in [7, 11) is 0. The first-order valence-corrected chi connectivity index (χ1v) is 4.24. The third kappa shape index (κ3) is 1.49. The molecule has 1 saturated carbocycles. The number of ether oxygens (including phenoxy) is 1. The summed E-state index contributed by atoms with van der Waals surface area (Å²) < 4.78 is 5.02. The van der Waals surface area contributed by atoms with Crippen LogP contribution in [0, 0.1) is 5.92 Å². The largest absolute Gasteiger partial charge is 0.461 e. The topological polar surface area (TPSA) is 43.4 Å². The van der Waals surface area contributed by atoms with E-state index in [2.05, 4.69) is 0 Å². The van der Waals surface area contributed by atoms with Gasteiger partial charge in [0.05, 0.1) is 0 Å². The maximum absolute atomic E-state index is 11.0. The van der Waals surface area contributed by atoms with E-state index >= 15 is 0 Å². The SMILES string of the molecule is CC(C)[C@]1(OC=O)CCC(=O)C1. The fourth-order valence-electron chi connectivity index (χ4n) is 1.69. The molecular formula is C9H14O3. The monoisotopic (exact) mass is 170 g/mol. The van der Waals surface area contributed by atoms with Crippen LogP contribution in [0.4, 0.5) is 0 Å². The number of carbonyl (C=O) groups is 2. The maximum Gasteiger partial charge on any atom is 0.293 e. The Morgan fingerprint density at radius 2 is 2.25 bits per heavy atom. The average molecular weight is 170 g/mol. The number of ketones is 1. The Labute approximate surface area is 72.1 Å². The minimum Gasteiger partial charge on any atom is -0.461 e. The summed E-state index contributed by atoms with van der Waals surface area (Å²) in [4.78, 5) is 21.3. The number of Topliss-reactive ketones (excluding diaryl/α,β-unsaturated/α-hetero) is 1. The van der Waals surface area contributed by atoms with Crippen LogP contribution >= 0.6 is 0 Å². The predicted octanol–water partition coefficient (Wildman–Crippen LogP) is 1.31. The van der Waals surface area contributed by atoms with E-state index in [0.29, 0.717) is 25.7 Å². The van der Waals surface area contributed by atoms with E-state index in [1.807, 2.05) is 13.8 Å². The van der Waals surface area contributed by atoms with Crippen molar-refractivity contribution in [3.8, 4) is 0 Å². The van der Waals surface area contributed by atoms with Gasteiger partial charge in [-0.3, -0.25) is 9.59 Å². The summed E-state index contributed by atoms with van der Waals surface area (Å²) in [6.45, 7) is 4.41. The molecule has 0 spiro atoms. The van der Waals surface area contributed by atoms with Gasteiger partial charge in [0.25, 0.3) is 6.47 Å². The predicted molar refractivity (Wildman–Crippen MR) is 43.6 cm³/mol. The molecule has 1 fully saturated rings. The fourth-order valence-corrected chi connectivity index (χ4v) is 1.69. The van der Waals surface area contributed by atoms with Gasteiger partial charge in [0.2, 0.25) is 0 Å². The quantitative estimate of drug-likeness (QED) is 0.600. The van der Waals surface area contributed by atoms with Gasteiger partial charge in [-0.15, -0.1) is 0 Å². The van der Waals surface area contributed by atoms with Gasteiger partial charge in [0.1, 0.15) is 11.4 Å². The highest BCUT2D eigenvalue weighted by Gasteiger charge is 2.42. The Balaban J connectivity index is 2.73. The molecule has 1 rings (SSSR count). The third-order valence-corrected chi connectivity index (χ3v) is 2.66. The molecule has 12 heavy (non-hydrogen) atoms. The molecule has 0 aliphatic heterocycles. The molecule has 1 atom stereocenters. The Hall–Kier alpha value is -0.860. The molecule has 1 aliphatic carbocycles. The van der Waals surface area contributed by atoms with E-state index in [4.69, 9.17) is 4.74 Å². The molecule has 0 aromatic rings. The molecule has 0 radical (unpaired) electrons. The van der Waals surface area contributed by atoms with Gasteiger partial charge in [-0.25, -0.2) is 0 Å². The van der Waals surface area contributed by atoms with Crippen LogP contribution in [0.2, 0.25) is 0 Å². The maximum atomic E-state index is 11.0. The molecule has 3 nitrogen and oxygen atoms in total. The van der Waals surface area contributed by atoms with Gasteiger partial charge in [0, 0.05) is 12.8 Å². The Bertz CT molecular complexity index is 198. The van der Waals surface area contributed by atoms with E-state index in [0.717, 1.165) is 0 Å². The highest BCUT2D eigenvalue weighted by molar-refractivity contribution is 5.82. The molecule has 0 unspecified atom stereocenters. The molecule has 1 aliphatic rings. The van der Waals surface area contributed by atoms with Crippen molar-refractivity contribution in [1.29, 1.82) is 0 Å². The molecule has 0 bridgehead atoms. The molecule has 3 heteroatoms. The summed E-state index contributed by atoms with van der Waals surface area (Å²) in [5.74, 6) is 0.416. The van der Waals surface area contributed by atoms with Crippen molar-refractivity contribution < 1.29 is 14.3 Å². The first kappa shape index (κ1) is 9.23. The van der Waals surface area contributed by atoms with E-state index in [9.17, 15) is 9.59 Å². The fraction of sp³-hybridized carbons (Fsp3) is 0.778. The molecule has 0 amide bonds. The summed E-state index contributed by atoms with van der Waals surface area (Å²) in [5, 5.41) is 0. The molecule has 0 heterocycles. The van der Waals surface area contributed by atoms with Crippen LogP contribution in [-0.4, -0.2) is 17.9 Å². The second-order valence-corrected chi connectivity index (χ2v) is 3.65. The molecule has 0 aromatic carbocycles. The molecule has 68 valence electrons. The molecular weight excluding hydrogens is 156 g/mol. The van der Waals surface area contributed by atoms with Gasteiger partial charge in [-0.1, -0.05) is 13.8 Å². The first-order valence-electron chi connectivity index (χ1n) is 4.24. The van der Waals surface area contributed by atoms with Crippen molar-refractivity contribution in [1.82, 2.24) is 0 Å². The lowest BCUT2D eigenvalue weighted by molar-refractivity contribution is -0.148. The van der Waals surface area contributed by atoms with Crippen LogP contribution in [0.1, 0.15) is 33.1 Å². The summed E-state index contributed by atoms with van der Waals surface area (Å²) in [6, 6.07) is 0. The van der Waals surface area contributed by atoms with Crippen molar-refractivity contribution in [2.45, 2.75) is 38.7 Å². The van der Waals surface area contributed by atoms with Crippen LogP contribution in [0.5, 0.6) is 0 Å². The van der Waals surface area contributed by atoms with Crippen LogP contribution in [0.3, 0.4) is 0 Å². The standard InChI is InChI=1S/C9H14O3/c1-7(2)9(12-6-10)4-3-8(11)5-9/h6-7H,3-5H2,1-2H3/t9-/m0/s1. The molecule has 0 saturated heterocycles. The summed E-state index contributed by atoms with van der Waals surface area (Å²) in [5.41, 5.74) is -0.501. The minimum atomic E-state index is -0.501. The number of hydrogen-bond donors (Lipinski definition) is 0. The van der Waals surface area contributed by atoms with Crippen LogP contribution in [0.15, 0.2) is 0 Å². The van der Waals surface area contributed by atoms with E-state index in [1.165, 1.54) is 0 Å². The van der Waals surface area contributed by atoms with Crippen LogP contribution < -0.4 is 0 Å². The van der Waals surface area contributed by atoms with Gasteiger partial charge in [-0.2, -0.15) is 0 Å². The Morgan fingerprint density at radius 3 is 2.58 bits per heavy atom. The van der Waals surface area contributed by atoms with Crippen molar-refractivity contribution in [2.24, 2.45) is 5.92 Å². The average Bonchev–Trinajstić information content (AvgIpc) is 2.34. The van der Waals surface area contributed by atoms with Crippen LogP contribution in [0.25, 0.3) is 0 Å². The van der Waals surface area contributed by atoms with E-state index in [-0.39, 0.29) is 11.7 Å². The second-order valence-electron chi connectivity index (χ2n) is 3.65. The van der Waals surface area contributed by atoms with Crippen molar-refractivity contribution in [3.63, 3.8) is 0 Å². The lowest BCUT2D eigenvalue weighted by Crippen LogP contribution is -2.35. The Kier molecular flexibility index (Phi) is 2.50.